The number of carbonyl (C=O) groups is 1. The van der Waals surface area contributed by atoms with Crippen molar-refractivity contribution in [2.24, 2.45) is 0 Å². The van der Waals surface area contributed by atoms with Gasteiger partial charge in [0.05, 0.1) is 23.2 Å². The molecule has 130 valence electrons. The molecule has 8 heteroatoms. The summed E-state index contributed by atoms with van der Waals surface area (Å²) in [6, 6.07) is 7.29. The number of carbonyl (C=O) groups excluding carboxylic acids is 1. The average Bonchev–Trinajstić information content (AvgIpc) is 3.05. The van der Waals surface area contributed by atoms with Crippen LogP contribution in [0.1, 0.15) is 22.8 Å². The van der Waals surface area contributed by atoms with E-state index in [4.69, 9.17) is 0 Å². The van der Waals surface area contributed by atoms with Gasteiger partial charge >= 0.3 is 5.97 Å². The van der Waals surface area contributed by atoms with E-state index in [1.807, 2.05) is 16.8 Å². The topological polar surface area (TPSA) is 92.7 Å². The van der Waals surface area contributed by atoms with E-state index in [1.165, 1.54) is 42.7 Å². The van der Waals surface area contributed by atoms with Gasteiger partial charge in [0.25, 0.3) is 0 Å². The predicted molar refractivity (Wildman–Crippen MR) is 91.6 cm³/mol. The van der Waals surface area contributed by atoms with E-state index in [0.29, 0.717) is 6.42 Å². The van der Waals surface area contributed by atoms with Crippen molar-refractivity contribution in [1.82, 2.24) is 4.72 Å². The summed E-state index contributed by atoms with van der Waals surface area (Å²) < 4.78 is 31.6. The smallest absolute Gasteiger partial charge is 0.337 e. The van der Waals surface area contributed by atoms with E-state index in [0.717, 1.165) is 5.56 Å². The van der Waals surface area contributed by atoms with E-state index in [9.17, 15) is 18.3 Å². The zero-order chi connectivity index (χ0) is 17.8. The maximum absolute atomic E-state index is 12.3. The fourth-order valence-corrected chi connectivity index (χ4v) is 3.95. The minimum absolute atomic E-state index is 0.0153. The monoisotopic (exact) mass is 369 g/mol. The van der Waals surface area contributed by atoms with Gasteiger partial charge in [-0.05, 0) is 53.6 Å². The zero-order valence-corrected chi connectivity index (χ0v) is 15.0. The Morgan fingerprint density at radius 2 is 1.96 bits per heavy atom. The Morgan fingerprint density at radius 1 is 1.29 bits per heavy atom. The number of hydrogen-bond donors (Lipinski definition) is 2. The Bertz CT molecular complexity index is 780. The summed E-state index contributed by atoms with van der Waals surface area (Å²) in [6.07, 6.45) is 0.348. The first-order valence-electron chi connectivity index (χ1n) is 7.15. The molecular formula is C16H19NO5S2. The number of benzene rings is 1. The first-order chi connectivity index (χ1) is 11.2. The number of sulfonamides is 1. The summed E-state index contributed by atoms with van der Waals surface area (Å²) in [5, 5.41) is 14.2. The molecule has 0 aliphatic rings. The highest BCUT2D eigenvalue weighted by Gasteiger charge is 2.25. The Kier molecular flexibility index (Phi) is 5.76. The third-order valence-electron chi connectivity index (χ3n) is 3.39. The van der Waals surface area contributed by atoms with Crippen LogP contribution in [0, 0.1) is 0 Å². The minimum Gasteiger partial charge on any atom is -0.465 e. The molecule has 1 unspecified atom stereocenters. The second kappa shape index (κ2) is 7.43. The molecule has 0 saturated carbocycles. The molecule has 0 amide bonds. The normalized spacial score (nSPS) is 14.1. The summed E-state index contributed by atoms with van der Waals surface area (Å²) in [7, 11) is -2.53. The fraction of sp³-hybridized carbons (Fsp3) is 0.312. The lowest BCUT2D eigenvalue weighted by atomic mass is 9.99. The molecule has 2 N–H and O–H groups in total. The van der Waals surface area contributed by atoms with Gasteiger partial charge in [-0.2, -0.15) is 11.3 Å². The van der Waals surface area contributed by atoms with E-state index < -0.39 is 21.6 Å². The van der Waals surface area contributed by atoms with Crippen molar-refractivity contribution >= 4 is 27.3 Å². The Labute approximate surface area is 145 Å². The Balaban J connectivity index is 2.04. The average molecular weight is 369 g/mol. The Hall–Kier alpha value is -1.74. The summed E-state index contributed by atoms with van der Waals surface area (Å²) >= 11 is 1.52. The lowest BCUT2D eigenvalue weighted by Crippen LogP contribution is -2.42. The van der Waals surface area contributed by atoms with Crippen molar-refractivity contribution in [3.05, 3.63) is 52.2 Å². The largest absolute Gasteiger partial charge is 0.465 e. The number of hydrogen-bond acceptors (Lipinski definition) is 6. The molecule has 0 aliphatic carbocycles. The van der Waals surface area contributed by atoms with Crippen LogP contribution < -0.4 is 4.72 Å². The van der Waals surface area contributed by atoms with E-state index in [1.54, 1.807) is 6.92 Å². The molecule has 2 rings (SSSR count). The highest BCUT2D eigenvalue weighted by molar-refractivity contribution is 7.89. The number of rotatable bonds is 7. The van der Waals surface area contributed by atoms with Gasteiger partial charge in [0.2, 0.25) is 10.0 Å². The van der Waals surface area contributed by atoms with Gasteiger partial charge in [-0.15, -0.1) is 0 Å². The molecule has 0 radical (unpaired) electrons. The van der Waals surface area contributed by atoms with Crippen LogP contribution in [0.5, 0.6) is 0 Å². The summed E-state index contributed by atoms with van der Waals surface area (Å²) in [4.78, 5) is 11.4. The second-order valence-corrected chi connectivity index (χ2v) is 8.19. The molecule has 2 aromatic rings. The number of methoxy groups -OCH3 is 1. The van der Waals surface area contributed by atoms with Gasteiger partial charge in [-0.3, -0.25) is 0 Å². The summed E-state index contributed by atoms with van der Waals surface area (Å²) in [6.45, 7) is 1.46. The van der Waals surface area contributed by atoms with E-state index in [-0.39, 0.29) is 17.0 Å². The molecular weight excluding hydrogens is 350 g/mol. The molecule has 6 nitrogen and oxygen atoms in total. The molecule has 1 aromatic carbocycles. The van der Waals surface area contributed by atoms with Gasteiger partial charge in [-0.1, -0.05) is 0 Å². The number of esters is 1. The maximum atomic E-state index is 12.3. The molecule has 1 heterocycles. The lowest BCUT2D eigenvalue weighted by Gasteiger charge is -2.23. The van der Waals surface area contributed by atoms with Gasteiger partial charge in [-0.25, -0.2) is 17.9 Å². The van der Waals surface area contributed by atoms with E-state index >= 15 is 0 Å². The first-order valence-corrected chi connectivity index (χ1v) is 9.58. The Morgan fingerprint density at radius 3 is 2.50 bits per heavy atom. The van der Waals surface area contributed by atoms with E-state index in [2.05, 4.69) is 9.46 Å². The van der Waals surface area contributed by atoms with Crippen molar-refractivity contribution in [3.8, 4) is 0 Å². The van der Waals surface area contributed by atoms with Gasteiger partial charge in [0, 0.05) is 13.0 Å². The standard InChI is InChI=1S/C16H19NO5S2/c1-16(19,9-12-7-8-23-10-12)11-17-24(20,21)14-5-3-13(4-6-14)15(18)22-2/h3-8,10,17,19H,9,11H2,1-2H3. The van der Waals surface area contributed by atoms with Crippen molar-refractivity contribution in [1.29, 1.82) is 0 Å². The van der Waals surface area contributed by atoms with Crippen LogP contribution in [0.15, 0.2) is 46.0 Å². The van der Waals surface area contributed by atoms with Crippen LogP contribution in [0.4, 0.5) is 0 Å². The molecule has 0 aliphatic heterocycles. The SMILES string of the molecule is COC(=O)c1ccc(S(=O)(=O)NCC(C)(O)Cc2ccsc2)cc1. The molecule has 24 heavy (non-hydrogen) atoms. The number of ether oxygens (including phenoxy) is 1. The van der Waals surface area contributed by atoms with Gasteiger partial charge in [0.1, 0.15) is 0 Å². The van der Waals surface area contributed by atoms with Crippen LogP contribution in [0.3, 0.4) is 0 Å². The molecule has 1 atom stereocenters. The zero-order valence-electron chi connectivity index (χ0n) is 13.4. The lowest BCUT2D eigenvalue weighted by molar-refractivity contribution is 0.0600. The number of aliphatic hydroxyl groups is 1. The van der Waals surface area contributed by atoms with Crippen LogP contribution in [-0.4, -0.2) is 38.7 Å². The highest BCUT2D eigenvalue weighted by atomic mass is 32.2. The van der Waals surface area contributed by atoms with Crippen molar-refractivity contribution in [2.75, 3.05) is 13.7 Å². The molecule has 1 aromatic heterocycles. The molecule has 0 fully saturated rings. The summed E-state index contributed by atoms with van der Waals surface area (Å²) in [5.41, 5.74) is 0.00707. The van der Waals surface area contributed by atoms with Crippen molar-refractivity contribution in [3.63, 3.8) is 0 Å². The highest BCUT2D eigenvalue weighted by Crippen LogP contribution is 2.17. The van der Waals surface area contributed by atoms with Gasteiger partial charge < -0.3 is 9.84 Å². The second-order valence-electron chi connectivity index (χ2n) is 5.65. The molecule has 0 bridgehead atoms. The van der Waals surface area contributed by atoms with Gasteiger partial charge in [0.15, 0.2) is 0 Å². The third kappa shape index (κ3) is 4.88. The summed E-state index contributed by atoms with van der Waals surface area (Å²) in [5.74, 6) is -0.536. The number of nitrogens with one attached hydrogen (secondary N) is 1. The fourth-order valence-electron chi connectivity index (χ4n) is 2.12. The van der Waals surface area contributed by atoms with Crippen molar-refractivity contribution < 1.29 is 23.1 Å². The van der Waals surface area contributed by atoms with Crippen LogP contribution in [0.2, 0.25) is 0 Å². The maximum Gasteiger partial charge on any atom is 0.337 e. The minimum atomic E-state index is -3.78. The number of thiophene rings is 1. The van der Waals surface area contributed by atoms with Crippen LogP contribution in [-0.2, 0) is 21.2 Å². The first kappa shape index (κ1) is 18.6. The van der Waals surface area contributed by atoms with Crippen LogP contribution >= 0.6 is 11.3 Å². The quantitative estimate of drug-likeness (QED) is 0.726. The van der Waals surface area contributed by atoms with Crippen molar-refractivity contribution in [2.45, 2.75) is 23.8 Å². The molecule has 0 saturated heterocycles. The third-order valence-corrected chi connectivity index (χ3v) is 5.54. The predicted octanol–water partition coefficient (Wildman–Crippen LogP) is 1.81. The van der Waals surface area contributed by atoms with Crippen LogP contribution in [0.25, 0.3) is 0 Å². The molecule has 0 spiro atoms.